The molecule has 0 bridgehead atoms. The zero-order chi connectivity index (χ0) is 26.0. The molecule has 0 saturated heterocycles. The van der Waals surface area contributed by atoms with Gasteiger partial charge in [-0.05, 0) is 72.6 Å². The van der Waals surface area contributed by atoms with Gasteiger partial charge in [0.15, 0.2) is 5.65 Å². The lowest BCUT2D eigenvalue weighted by Crippen LogP contribution is -2.38. The average Bonchev–Trinajstić information content (AvgIpc) is 2.92. The van der Waals surface area contributed by atoms with Gasteiger partial charge in [0.1, 0.15) is 10.8 Å². The minimum absolute atomic E-state index is 0.421. The molecular weight excluding hydrogens is 478 g/mol. The molecule has 0 spiro atoms. The fourth-order valence-electron chi connectivity index (χ4n) is 5.26. The van der Waals surface area contributed by atoms with Crippen LogP contribution in [0.3, 0.4) is 0 Å². The minimum Gasteiger partial charge on any atom is -0.384 e. The number of aromatic nitrogens is 2. The highest BCUT2D eigenvalue weighted by Crippen LogP contribution is 2.46. The van der Waals surface area contributed by atoms with Crippen molar-refractivity contribution in [2.45, 2.75) is 31.3 Å². The Balaban J connectivity index is 1.77. The summed E-state index contributed by atoms with van der Waals surface area (Å²) in [7, 11) is 4.07. The fraction of sp³-hybridized carbons (Fsp3) is 0.250. The Hall–Kier alpha value is -3.31. The third-order valence-electron chi connectivity index (χ3n) is 7.21. The van der Waals surface area contributed by atoms with E-state index in [1.54, 1.807) is 0 Å². The van der Waals surface area contributed by atoms with Crippen LogP contribution in [0.4, 0.5) is 0 Å². The maximum atomic E-state index is 12.9. The summed E-state index contributed by atoms with van der Waals surface area (Å²) in [6.45, 7) is 2.78. The summed E-state index contributed by atoms with van der Waals surface area (Å²) in [5, 5.41) is 16.5. The van der Waals surface area contributed by atoms with E-state index in [4.69, 9.17) is 16.6 Å². The van der Waals surface area contributed by atoms with Gasteiger partial charge in [0.25, 0.3) is 0 Å². The Morgan fingerprint density at radius 2 is 1.59 bits per heavy atom. The van der Waals surface area contributed by atoms with Gasteiger partial charge in [0.2, 0.25) is 0 Å². The number of halogens is 1. The van der Waals surface area contributed by atoms with Gasteiger partial charge in [-0.1, -0.05) is 91.3 Å². The molecule has 0 aliphatic heterocycles. The minimum atomic E-state index is -1.24. The molecular formula is C32H32ClN3O. The fourth-order valence-corrected chi connectivity index (χ4v) is 5.53. The van der Waals surface area contributed by atoms with Crippen LogP contribution in [0.15, 0.2) is 91.0 Å². The Kier molecular flexibility index (Phi) is 7.25. The van der Waals surface area contributed by atoms with E-state index in [1.165, 1.54) is 0 Å². The molecule has 2 aromatic heterocycles. The monoisotopic (exact) mass is 509 g/mol. The molecule has 0 radical (unpaired) electrons. The first kappa shape index (κ1) is 25.3. The standard InChI is InChI=1S/C32H32ClN3O/c1-4-22-21-25-17-18-28(34-31(25)35-30(22)33)29(24-12-6-5-7-13-24)32(37,19-20-36(2)3)27-16-10-14-23-11-8-9-15-26(23)27/h5-18,21,29,37H,4,19-20H2,1-3H3. The molecule has 188 valence electrons. The summed E-state index contributed by atoms with van der Waals surface area (Å²) in [5.74, 6) is -0.421. The molecule has 0 fully saturated rings. The number of aliphatic hydroxyl groups is 1. The van der Waals surface area contributed by atoms with Crippen LogP contribution in [0.5, 0.6) is 0 Å². The summed E-state index contributed by atoms with van der Waals surface area (Å²) in [6.07, 6.45) is 1.33. The Morgan fingerprint density at radius 3 is 2.35 bits per heavy atom. The van der Waals surface area contributed by atoms with Crippen LogP contribution in [0.1, 0.15) is 41.6 Å². The van der Waals surface area contributed by atoms with Crippen molar-refractivity contribution < 1.29 is 5.11 Å². The Bertz CT molecular complexity index is 1530. The van der Waals surface area contributed by atoms with E-state index < -0.39 is 11.5 Å². The van der Waals surface area contributed by atoms with Crippen LogP contribution >= 0.6 is 11.6 Å². The molecule has 2 atom stereocenters. The Morgan fingerprint density at radius 1 is 0.865 bits per heavy atom. The van der Waals surface area contributed by atoms with Crippen LogP contribution in [0, 0.1) is 0 Å². The second kappa shape index (κ2) is 10.6. The summed E-state index contributed by atoms with van der Waals surface area (Å²) in [6, 6.07) is 30.7. The maximum absolute atomic E-state index is 12.9. The number of benzene rings is 3. The third-order valence-corrected chi connectivity index (χ3v) is 7.54. The number of aryl methyl sites for hydroxylation is 1. The molecule has 1 N–H and O–H groups in total. The van der Waals surface area contributed by atoms with E-state index in [-0.39, 0.29) is 0 Å². The second-order valence-corrected chi connectivity index (χ2v) is 10.3. The van der Waals surface area contributed by atoms with Crippen molar-refractivity contribution in [2.75, 3.05) is 20.6 Å². The zero-order valence-corrected chi connectivity index (χ0v) is 22.3. The van der Waals surface area contributed by atoms with Crippen molar-refractivity contribution in [1.82, 2.24) is 14.9 Å². The number of pyridine rings is 2. The molecule has 0 aliphatic carbocycles. The lowest BCUT2D eigenvalue weighted by molar-refractivity contribution is 0.00487. The van der Waals surface area contributed by atoms with Gasteiger partial charge in [-0.2, -0.15) is 0 Å². The summed E-state index contributed by atoms with van der Waals surface area (Å²) < 4.78 is 0. The molecule has 2 unspecified atom stereocenters. The first-order chi connectivity index (χ1) is 17.9. The van der Waals surface area contributed by atoms with Gasteiger partial charge in [0.05, 0.1) is 11.6 Å². The first-order valence-electron chi connectivity index (χ1n) is 12.8. The SMILES string of the molecule is CCc1cc2ccc(C(c3ccccc3)C(O)(CCN(C)C)c3cccc4ccccc34)nc2nc1Cl. The van der Waals surface area contributed by atoms with E-state index in [0.29, 0.717) is 23.8 Å². The number of rotatable bonds is 8. The number of hydrogen-bond acceptors (Lipinski definition) is 4. The molecule has 3 aromatic carbocycles. The average molecular weight is 510 g/mol. The third kappa shape index (κ3) is 4.97. The van der Waals surface area contributed by atoms with Crippen molar-refractivity contribution in [3.63, 3.8) is 0 Å². The van der Waals surface area contributed by atoms with E-state index in [9.17, 15) is 5.11 Å². The van der Waals surface area contributed by atoms with Crippen LogP contribution in [-0.4, -0.2) is 40.6 Å². The molecule has 0 amide bonds. The van der Waals surface area contributed by atoms with E-state index in [2.05, 4.69) is 59.3 Å². The topological polar surface area (TPSA) is 49.2 Å². The lowest BCUT2D eigenvalue weighted by atomic mass is 9.72. The van der Waals surface area contributed by atoms with Gasteiger partial charge in [-0.15, -0.1) is 0 Å². The van der Waals surface area contributed by atoms with Crippen LogP contribution < -0.4 is 0 Å². The van der Waals surface area contributed by atoms with Crippen molar-refractivity contribution in [3.8, 4) is 0 Å². The van der Waals surface area contributed by atoms with Gasteiger partial charge in [-0.3, -0.25) is 0 Å². The Labute approximate surface area is 223 Å². The van der Waals surface area contributed by atoms with Crippen LogP contribution in [0.2, 0.25) is 5.15 Å². The highest BCUT2D eigenvalue weighted by Gasteiger charge is 2.42. The quantitative estimate of drug-likeness (QED) is 0.229. The summed E-state index contributed by atoms with van der Waals surface area (Å²) >= 11 is 6.48. The molecule has 5 rings (SSSR count). The van der Waals surface area contributed by atoms with Crippen molar-refractivity contribution in [2.24, 2.45) is 0 Å². The van der Waals surface area contributed by atoms with E-state index >= 15 is 0 Å². The largest absolute Gasteiger partial charge is 0.384 e. The van der Waals surface area contributed by atoms with Crippen LogP contribution in [-0.2, 0) is 12.0 Å². The molecule has 5 heteroatoms. The van der Waals surface area contributed by atoms with Gasteiger partial charge in [0, 0.05) is 11.9 Å². The molecule has 37 heavy (non-hydrogen) atoms. The van der Waals surface area contributed by atoms with E-state index in [0.717, 1.165) is 45.0 Å². The first-order valence-corrected chi connectivity index (χ1v) is 13.1. The van der Waals surface area contributed by atoms with Gasteiger partial charge < -0.3 is 10.0 Å². The number of nitrogens with zero attached hydrogens (tertiary/aromatic N) is 3. The van der Waals surface area contributed by atoms with Crippen molar-refractivity contribution in [1.29, 1.82) is 0 Å². The van der Waals surface area contributed by atoms with E-state index in [1.807, 2.05) is 62.6 Å². The highest BCUT2D eigenvalue weighted by atomic mass is 35.5. The molecule has 0 saturated carbocycles. The molecule has 2 heterocycles. The molecule has 4 nitrogen and oxygen atoms in total. The summed E-state index contributed by atoms with van der Waals surface area (Å²) in [5.41, 5.74) is 3.02. The smallest absolute Gasteiger partial charge is 0.161 e. The molecule has 0 aliphatic rings. The maximum Gasteiger partial charge on any atom is 0.161 e. The predicted octanol–water partition coefficient (Wildman–Crippen LogP) is 6.97. The van der Waals surface area contributed by atoms with Gasteiger partial charge >= 0.3 is 0 Å². The second-order valence-electron chi connectivity index (χ2n) is 9.92. The van der Waals surface area contributed by atoms with Crippen molar-refractivity contribution >= 4 is 33.4 Å². The summed E-state index contributed by atoms with van der Waals surface area (Å²) in [4.78, 5) is 11.8. The normalized spacial score (nSPS) is 14.2. The highest BCUT2D eigenvalue weighted by molar-refractivity contribution is 6.30. The van der Waals surface area contributed by atoms with Crippen molar-refractivity contribution in [3.05, 3.63) is 119 Å². The lowest BCUT2D eigenvalue weighted by Gasteiger charge is -2.38. The number of hydrogen-bond donors (Lipinski definition) is 1. The zero-order valence-electron chi connectivity index (χ0n) is 21.5. The molecule has 5 aromatic rings. The van der Waals surface area contributed by atoms with Gasteiger partial charge in [-0.25, -0.2) is 9.97 Å². The predicted molar refractivity (Wildman–Crippen MR) is 153 cm³/mol. The van der Waals surface area contributed by atoms with Crippen LogP contribution in [0.25, 0.3) is 21.8 Å². The number of fused-ring (bicyclic) bond motifs is 2.